The van der Waals surface area contributed by atoms with Crippen LogP contribution >= 0.6 is 0 Å². The van der Waals surface area contributed by atoms with E-state index in [-0.39, 0.29) is 5.57 Å². The second kappa shape index (κ2) is 4.45. The molecule has 1 atom stereocenters. The summed E-state index contributed by atoms with van der Waals surface area (Å²) in [4.78, 5) is 0. The minimum atomic E-state index is -0.925. The monoisotopic (exact) mass is 189 g/mol. The lowest BCUT2D eigenvalue weighted by molar-refractivity contribution is 0.221. The first-order valence-electron chi connectivity index (χ1n) is 4.10. The molecule has 0 radical (unpaired) electrons. The highest BCUT2D eigenvalue weighted by Crippen LogP contribution is 2.21. The number of rotatable bonds is 3. The van der Waals surface area contributed by atoms with E-state index in [1.165, 1.54) is 0 Å². The molecule has 0 fully saturated rings. The van der Waals surface area contributed by atoms with Gasteiger partial charge in [0.05, 0.1) is 18.8 Å². The van der Waals surface area contributed by atoms with E-state index in [0.717, 1.165) is 0 Å². The number of benzene rings is 1. The third-order valence-electron chi connectivity index (χ3n) is 1.91. The van der Waals surface area contributed by atoms with Gasteiger partial charge < -0.3 is 9.84 Å². The first-order chi connectivity index (χ1) is 6.69. The predicted molar refractivity (Wildman–Crippen MR) is 52.7 cm³/mol. The maximum Gasteiger partial charge on any atom is 0.118 e. The predicted octanol–water partition coefficient (Wildman–Crippen LogP) is 1.81. The van der Waals surface area contributed by atoms with Crippen molar-refractivity contribution in [3.63, 3.8) is 0 Å². The molecule has 0 heterocycles. The van der Waals surface area contributed by atoms with Crippen molar-refractivity contribution in [1.29, 1.82) is 5.26 Å². The zero-order valence-corrected chi connectivity index (χ0v) is 7.90. The lowest BCUT2D eigenvalue weighted by atomic mass is 10.0. The quantitative estimate of drug-likeness (QED) is 0.738. The first kappa shape index (κ1) is 10.3. The average Bonchev–Trinajstić information content (AvgIpc) is 2.27. The van der Waals surface area contributed by atoms with Crippen molar-refractivity contribution >= 4 is 0 Å². The lowest BCUT2D eigenvalue weighted by Gasteiger charge is -2.08. The highest BCUT2D eigenvalue weighted by Gasteiger charge is 2.10. The van der Waals surface area contributed by atoms with Gasteiger partial charge in [-0.15, -0.1) is 0 Å². The van der Waals surface area contributed by atoms with Gasteiger partial charge in [0, 0.05) is 0 Å². The molecule has 72 valence electrons. The maximum absolute atomic E-state index is 9.59. The van der Waals surface area contributed by atoms with Gasteiger partial charge in [0.15, 0.2) is 0 Å². The molecular formula is C11H11NO2. The molecule has 0 spiro atoms. The van der Waals surface area contributed by atoms with E-state index < -0.39 is 6.10 Å². The topological polar surface area (TPSA) is 53.2 Å². The fraction of sp³-hybridized carbons (Fsp3) is 0.182. The number of nitrogens with zero attached hydrogens (tertiary/aromatic N) is 1. The van der Waals surface area contributed by atoms with Gasteiger partial charge in [0.2, 0.25) is 0 Å². The molecule has 0 unspecified atom stereocenters. The molecule has 1 N–H and O–H groups in total. The van der Waals surface area contributed by atoms with Crippen LogP contribution in [0.1, 0.15) is 11.7 Å². The van der Waals surface area contributed by atoms with Crippen LogP contribution in [0.3, 0.4) is 0 Å². The average molecular weight is 189 g/mol. The van der Waals surface area contributed by atoms with Crippen LogP contribution in [0.2, 0.25) is 0 Å². The van der Waals surface area contributed by atoms with Gasteiger partial charge in [-0.1, -0.05) is 18.7 Å². The van der Waals surface area contributed by atoms with Gasteiger partial charge in [-0.05, 0) is 17.7 Å². The second-order valence-electron chi connectivity index (χ2n) is 2.81. The van der Waals surface area contributed by atoms with Gasteiger partial charge in [-0.3, -0.25) is 0 Å². The van der Waals surface area contributed by atoms with E-state index in [2.05, 4.69) is 6.58 Å². The molecule has 0 aliphatic rings. The van der Waals surface area contributed by atoms with Gasteiger partial charge in [-0.2, -0.15) is 5.26 Å². The van der Waals surface area contributed by atoms with E-state index in [9.17, 15) is 5.11 Å². The van der Waals surface area contributed by atoms with Crippen LogP contribution in [-0.2, 0) is 0 Å². The fourth-order valence-corrected chi connectivity index (χ4v) is 1.05. The number of hydrogen-bond acceptors (Lipinski definition) is 3. The first-order valence-corrected chi connectivity index (χ1v) is 4.10. The summed E-state index contributed by atoms with van der Waals surface area (Å²) in [7, 11) is 1.57. The SMILES string of the molecule is C=C(C#N)[C@H](O)c1ccc(OC)cc1. The molecule has 0 aliphatic carbocycles. The summed E-state index contributed by atoms with van der Waals surface area (Å²) < 4.78 is 4.97. The van der Waals surface area contributed by atoms with Gasteiger partial charge in [-0.25, -0.2) is 0 Å². The second-order valence-corrected chi connectivity index (χ2v) is 2.81. The summed E-state index contributed by atoms with van der Waals surface area (Å²) in [6.07, 6.45) is -0.925. The van der Waals surface area contributed by atoms with Crippen molar-refractivity contribution in [2.75, 3.05) is 7.11 Å². The van der Waals surface area contributed by atoms with Crippen molar-refractivity contribution < 1.29 is 9.84 Å². The summed E-state index contributed by atoms with van der Waals surface area (Å²) in [6, 6.07) is 8.67. The van der Waals surface area contributed by atoms with Gasteiger partial charge in [0.25, 0.3) is 0 Å². The Kier molecular flexibility index (Phi) is 3.27. The molecule has 3 nitrogen and oxygen atoms in total. The lowest BCUT2D eigenvalue weighted by Crippen LogP contribution is -1.98. The third kappa shape index (κ3) is 2.12. The van der Waals surface area contributed by atoms with Crippen molar-refractivity contribution in [2.24, 2.45) is 0 Å². The van der Waals surface area contributed by atoms with Crippen LogP contribution in [0.4, 0.5) is 0 Å². The highest BCUT2D eigenvalue weighted by molar-refractivity contribution is 5.35. The van der Waals surface area contributed by atoms with Crippen LogP contribution in [-0.4, -0.2) is 12.2 Å². The Morgan fingerprint density at radius 2 is 2.07 bits per heavy atom. The summed E-state index contributed by atoms with van der Waals surface area (Å²) in [5, 5.41) is 18.1. The minimum Gasteiger partial charge on any atom is -0.497 e. The standard InChI is InChI=1S/C11H11NO2/c1-8(7-12)11(13)9-3-5-10(14-2)6-4-9/h3-6,11,13H,1H2,2H3/t11-/m0/s1. The largest absolute Gasteiger partial charge is 0.497 e. The smallest absolute Gasteiger partial charge is 0.118 e. The van der Waals surface area contributed by atoms with Crippen LogP contribution in [0, 0.1) is 11.3 Å². The summed E-state index contributed by atoms with van der Waals surface area (Å²) in [6.45, 7) is 3.45. The van der Waals surface area contributed by atoms with E-state index in [1.54, 1.807) is 31.4 Å². The summed E-state index contributed by atoms with van der Waals surface area (Å²) >= 11 is 0. The molecular weight excluding hydrogens is 178 g/mol. The number of aliphatic hydroxyl groups is 1. The fourth-order valence-electron chi connectivity index (χ4n) is 1.05. The van der Waals surface area contributed by atoms with Crippen LogP contribution in [0.5, 0.6) is 5.75 Å². The molecule has 0 aromatic heterocycles. The Morgan fingerprint density at radius 3 is 2.50 bits per heavy atom. The molecule has 0 saturated carbocycles. The van der Waals surface area contributed by atoms with Gasteiger partial charge in [0.1, 0.15) is 11.9 Å². The zero-order chi connectivity index (χ0) is 10.6. The third-order valence-corrected chi connectivity index (χ3v) is 1.91. The van der Waals surface area contributed by atoms with Crippen molar-refractivity contribution in [1.82, 2.24) is 0 Å². The minimum absolute atomic E-state index is 0.134. The van der Waals surface area contributed by atoms with Crippen molar-refractivity contribution in [2.45, 2.75) is 6.10 Å². The molecule has 14 heavy (non-hydrogen) atoms. The Labute approximate surface area is 82.9 Å². The van der Waals surface area contributed by atoms with Crippen molar-refractivity contribution in [3.05, 3.63) is 42.0 Å². The number of methoxy groups -OCH3 is 1. The van der Waals surface area contributed by atoms with E-state index in [4.69, 9.17) is 10.00 Å². The molecule has 3 heteroatoms. The van der Waals surface area contributed by atoms with Gasteiger partial charge >= 0.3 is 0 Å². The normalized spacial score (nSPS) is 11.5. The Morgan fingerprint density at radius 1 is 1.50 bits per heavy atom. The summed E-state index contributed by atoms with van der Waals surface area (Å²) in [5.74, 6) is 0.712. The van der Waals surface area contributed by atoms with E-state index in [1.807, 2.05) is 6.07 Å². The van der Waals surface area contributed by atoms with Crippen molar-refractivity contribution in [3.8, 4) is 11.8 Å². The zero-order valence-electron chi connectivity index (χ0n) is 7.90. The maximum atomic E-state index is 9.59. The van der Waals surface area contributed by atoms with Crippen LogP contribution in [0.25, 0.3) is 0 Å². The van der Waals surface area contributed by atoms with E-state index in [0.29, 0.717) is 11.3 Å². The van der Waals surface area contributed by atoms with Crippen LogP contribution < -0.4 is 4.74 Å². The number of hydrogen-bond donors (Lipinski definition) is 1. The number of aliphatic hydroxyl groups excluding tert-OH is 1. The molecule has 0 aliphatic heterocycles. The Balaban J connectivity index is 2.88. The van der Waals surface area contributed by atoms with Crippen LogP contribution in [0.15, 0.2) is 36.4 Å². The molecule has 0 bridgehead atoms. The van der Waals surface area contributed by atoms with E-state index >= 15 is 0 Å². The summed E-state index contributed by atoms with van der Waals surface area (Å²) in [5.41, 5.74) is 0.771. The molecule has 0 amide bonds. The Bertz CT molecular complexity index is 362. The number of nitriles is 1. The highest BCUT2D eigenvalue weighted by atomic mass is 16.5. The molecule has 1 rings (SSSR count). The molecule has 0 saturated heterocycles. The number of ether oxygens (including phenoxy) is 1. The molecule has 1 aromatic rings. The molecule has 1 aromatic carbocycles. The Hall–Kier alpha value is -1.79.